The van der Waals surface area contributed by atoms with Gasteiger partial charge in [-0.05, 0) is 23.4 Å². The molecule has 0 unspecified atom stereocenters. The van der Waals surface area contributed by atoms with Gasteiger partial charge in [-0.25, -0.2) is 4.39 Å². The fraction of sp³-hybridized carbons (Fsp3) is 0.571. The number of halogens is 1. The Morgan fingerprint density at radius 1 is 1.28 bits per heavy atom. The number of piperazine rings is 1. The fourth-order valence-electron chi connectivity index (χ4n) is 2.34. The summed E-state index contributed by atoms with van der Waals surface area (Å²) in [6, 6.07) is 8.28. The Hall–Kier alpha value is -0.580. The normalized spacial score (nSPS) is 18.8. The Morgan fingerprint density at radius 3 is 2.50 bits per heavy atom. The highest BCUT2D eigenvalue weighted by atomic mass is 32.2. The zero-order valence-electron chi connectivity index (χ0n) is 10.9. The van der Waals surface area contributed by atoms with Gasteiger partial charge in [0.25, 0.3) is 0 Å². The first kappa shape index (κ1) is 13.8. The number of alkyl halides is 1. The lowest BCUT2D eigenvalue weighted by Crippen LogP contribution is -2.45. The Labute approximate surface area is 113 Å². The average molecular weight is 268 g/mol. The molecule has 0 amide bonds. The maximum atomic E-state index is 13.3. The van der Waals surface area contributed by atoms with Crippen LogP contribution < -0.4 is 5.32 Å². The van der Waals surface area contributed by atoms with Crippen LogP contribution in [0.25, 0.3) is 0 Å². The molecule has 0 radical (unpaired) electrons. The molecular formula is C14H21FN2S. The largest absolute Gasteiger partial charge is 0.314 e. The topological polar surface area (TPSA) is 15.3 Å². The molecular weight excluding hydrogens is 247 g/mol. The van der Waals surface area contributed by atoms with Crippen LogP contribution in [-0.2, 0) is 0 Å². The van der Waals surface area contributed by atoms with Crippen LogP contribution in [-0.4, -0.2) is 43.5 Å². The number of hydrogen-bond donors (Lipinski definition) is 1. The molecule has 0 bridgehead atoms. The predicted octanol–water partition coefficient (Wildman–Crippen LogP) is 2.71. The monoisotopic (exact) mass is 268 g/mol. The number of nitrogens with zero attached hydrogens (tertiary/aromatic N) is 1. The van der Waals surface area contributed by atoms with Gasteiger partial charge in [0.2, 0.25) is 0 Å². The quantitative estimate of drug-likeness (QED) is 0.827. The summed E-state index contributed by atoms with van der Waals surface area (Å²) in [5.74, 6) is 1.07. The Morgan fingerprint density at radius 2 is 1.94 bits per heavy atom. The van der Waals surface area contributed by atoms with E-state index in [1.165, 1.54) is 4.90 Å². The molecule has 1 aromatic rings. The first-order valence-corrected chi connectivity index (χ1v) is 7.57. The third kappa shape index (κ3) is 3.46. The minimum Gasteiger partial charge on any atom is -0.314 e. The van der Waals surface area contributed by atoms with Gasteiger partial charge in [0, 0.05) is 31.1 Å². The maximum absolute atomic E-state index is 13.3. The van der Waals surface area contributed by atoms with Crippen LogP contribution in [0.4, 0.5) is 4.39 Å². The van der Waals surface area contributed by atoms with Crippen LogP contribution >= 0.6 is 11.8 Å². The van der Waals surface area contributed by atoms with Gasteiger partial charge in [-0.1, -0.05) is 19.1 Å². The van der Waals surface area contributed by atoms with Gasteiger partial charge in [-0.3, -0.25) is 4.90 Å². The molecule has 1 fully saturated rings. The van der Waals surface area contributed by atoms with Crippen LogP contribution in [0, 0.1) is 0 Å². The third-order valence-electron chi connectivity index (χ3n) is 3.31. The van der Waals surface area contributed by atoms with Gasteiger partial charge < -0.3 is 5.32 Å². The van der Waals surface area contributed by atoms with Crippen molar-refractivity contribution in [2.45, 2.75) is 17.9 Å². The number of hydrogen-bond acceptors (Lipinski definition) is 3. The van der Waals surface area contributed by atoms with Gasteiger partial charge in [0.15, 0.2) is 0 Å². The van der Waals surface area contributed by atoms with Crippen molar-refractivity contribution in [1.29, 1.82) is 0 Å². The van der Waals surface area contributed by atoms with E-state index in [2.05, 4.69) is 41.4 Å². The Kier molecular flexibility index (Phi) is 5.47. The second kappa shape index (κ2) is 7.12. The number of thioether (sulfide) groups is 1. The third-order valence-corrected chi connectivity index (χ3v) is 4.21. The molecule has 0 aromatic heterocycles. The van der Waals surface area contributed by atoms with E-state index in [-0.39, 0.29) is 12.7 Å². The molecule has 0 spiro atoms. The fourth-order valence-corrected chi connectivity index (χ4v) is 3.01. The minimum atomic E-state index is -0.305. The van der Waals surface area contributed by atoms with Crippen molar-refractivity contribution in [3.8, 4) is 0 Å². The minimum absolute atomic E-state index is 0.0761. The molecule has 0 aliphatic carbocycles. The second-order valence-corrected chi connectivity index (χ2v) is 5.80. The number of benzene rings is 1. The molecule has 18 heavy (non-hydrogen) atoms. The second-order valence-electron chi connectivity index (χ2n) is 4.46. The highest BCUT2D eigenvalue weighted by Gasteiger charge is 2.21. The van der Waals surface area contributed by atoms with Gasteiger partial charge in [-0.2, -0.15) is 0 Å². The van der Waals surface area contributed by atoms with Crippen LogP contribution in [0.3, 0.4) is 0 Å². The van der Waals surface area contributed by atoms with E-state index in [0.717, 1.165) is 37.5 Å². The van der Waals surface area contributed by atoms with E-state index >= 15 is 0 Å². The molecule has 1 atom stereocenters. The summed E-state index contributed by atoms with van der Waals surface area (Å²) in [5, 5.41) is 3.30. The maximum Gasteiger partial charge on any atom is 0.109 e. The molecule has 1 N–H and O–H groups in total. The van der Waals surface area contributed by atoms with Crippen molar-refractivity contribution in [3.05, 3.63) is 29.8 Å². The summed E-state index contributed by atoms with van der Waals surface area (Å²) < 4.78 is 13.3. The molecule has 1 aliphatic heterocycles. The van der Waals surface area contributed by atoms with Crippen molar-refractivity contribution in [1.82, 2.24) is 10.2 Å². The van der Waals surface area contributed by atoms with Crippen molar-refractivity contribution in [3.63, 3.8) is 0 Å². The van der Waals surface area contributed by atoms with Crippen LogP contribution in [0.5, 0.6) is 0 Å². The van der Waals surface area contributed by atoms with Gasteiger partial charge >= 0.3 is 0 Å². The summed E-state index contributed by atoms with van der Waals surface area (Å²) in [6.07, 6.45) is 0. The Bertz CT molecular complexity index is 349. The van der Waals surface area contributed by atoms with E-state index in [1.54, 1.807) is 0 Å². The van der Waals surface area contributed by atoms with E-state index in [1.807, 2.05) is 11.8 Å². The summed E-state index contributed by atoms with van der Waals surface area (Å²) in [5.41, 5.74) is 1.10. The first-order valence-electron chi connectivity index (χ1n) is 6.58. The summed E-state index contributed by atoms with van der Waals surface area (Å²) >= 11 is 1.82. The molecule has 1 saturated heterocycles. The highest BCUT2D eigenvalue weighted by Crippen LogP contribution is 2.25. The smallest absolute Gasteiger partial charge is 0.109 e. The van der Waals surface area contributed by atoms with Crippen molar-refractivity contribution in [2.24, 2.45) is 0 Å². The Balaban J connectivity index is 2.06. The molecule has 4 heteroatoms. The summed E-state index contributed by atoms with van der Waals surface area (Å²) in [4.78, 5) is 3.50. The van der Waals surface area contributed by atoms with Crippen molar-refractivity contribution < 1.29 is 4.39 Å². The van der Waals surface area contributed by atoms with Crippen LogP contribution in [0.2, 0.25) is 0 Å². The van der Waals surface area contributed by atoms with Gasteiger partial charge in [-0.15, -0.1) is 11.8 Å². The van der Waals surface area contributed by atoms with E-state index in [0.29, 0.717) is 0 Å². The molecule has 0 saturated carbocycles. The molecule has 2 nitrogen and oxygen atoms in total. The van der Waals surface area contributed by atoms with Crippen molar-refractivity contribution in [2.75, 3.05) is 38.6 Å². The van der Waals surface area contributed by atoms with E-state index < -0.39 is 0 Å². The van der Waals surface area contributed by atoms with Gasteiger partial charge in [0.05, 0.1) is 6.04 Å². The summed E-state index contributed by atoms with van der Waals surface area (Å²) in [7, 11) is 0. The lowest BCUT2D eigenvalue weighted by atomic mass is 10.1. The predicted molar refractivity (Wildman–Crippen MR) is 76.0 cm³/mol. The van der Waals surface area contributed by atoms with Crippen LogP contribution in [0.1, 0.15) is 18.5 Å². The zero-order chi connectivity index (χ0) is 12.8. The van der Waals surface area contributed by atoms with Crippen LogP contribution in [0.15, 0.2) is 29.2 Å². The average Bonchev–Trinajstić information content (AvgIpc) is 2.43. The number of nitrogens with one attached hydrogen (secondary N) is 1. The summed E-state index contributed by atoms with van der Waals surface area (Å²) in [6.45, 7) is 5.62. The van der Waals surface area contributed by atoms with Gasteiger partial charge in [0.1, 0.15) is 6.67 Å². The molecule has 100 valence electrons. The molecule has 2 rings (SSSR count). The first-order chi connectivity index (χ1) is 8.85. The molecule has 1 aromatic carbocycles. The molecule has 1 aliphatic rings. The van der Waals surface area contributed by atoms with E-state index in [4.69, 9.17) is 0 Å². The molecule has 1 heterocycles. The number of rotatable bonds is 5. The zero-order valence-corrected chi connectivity index (χ0v) is 11.7. The highest BCUT2D eigenvalue weighted by molar-refractivity contribution is 7.99. The van der Waals surface area contributed by atoms with Crippen molar-refractivity contribution >= 4 is 11.8 Å². The lowest BCUT2D eigenvalue weighted by molar-refractivity contribution is 0.147. The standard InChI is InChI=1S/C14H21FN2S/c1-2-18-13-5-3-12(4-6-13)14(11-15)17-9-7-16-8-10-17/h3-6,14,16H,2,7-11H2,1H3/t14-/m0/s1. The SMILES string of the molecule is CCSc1ccc([C@H](CF)N2CCNCC2)cc1. The van der Waals surface area contributed by atoms with E-state index in [9.17, 15) is 4.39 Å². The lowest BCUT2D eigenvalue weighted by Gasteiger charge is -2.33.